The number of ether oxygens (including phenoxy) is 1. The number of nitrogens with two attached hydrogens (primary N) is 1. The Morgan fingerprint density at radius 1 is 1.57 bits per heavy atom. The molecular weight excluding hydrogens is 288 g/mol. The van der Waals surface area contributed by atoms with Gasteiger partial charge in [0.2, 0.25) is 0 Å². The first-order valence-electron chi connectivity index (χ1n) is 6.90. The van der Waals surface area contributed by atoms with E-state index < -0.39 is 0 Å². The van der Waals surface area contributed by atoms with Gasteiger partial charge in [0.05, 0.1) is 12.3 Å². The van der Waals surface area contributed by atoms with Crippen LogP contribution in [0.1, 0.15) is 28.1 Å². The lowest BCUT2D eigenvalue weighted by atomic mass is 10.2. The molecule has 1 fully saturated rings. The van der Waals surface area contributed by atoms with Crippen molar-refractivity contribution in [1.82, 2.24) is 4.90 Å². The van der Waals surface area contributed by atoms with Crippen LogP contribution >= 0.6 is 11.3 Å². The summed E-state index contributed by atoms with van der Waals surface area (Å²) in [4.78, 5) is 13.9. The average molecular weight is 308 g/mol. The Kier molecular flexibility index (Phi) is 5.04. The highest BCUT2D eigenvalue weighted by atomic mass is 32.1. The van der Waals surface area contributed by atoms with Crippen molar-refractivity contribution < 1.29 is 9.53 Å². The van der Waals surface area contributed by atoms with Crippen molar-refractivity contribution in [3.05, 3.63) is 10.4 Å². The highest BCUT2D eigenvalue weighted by molar-refractivity contribution is 7.18. The Bertz CT molecular complexity index is 558. The van der Waals surface area contributed by atoms with Gasteiger partial charge in [-0.3, -0.25) is 4.79 Å². The molecule has 21 heavy (non-hydrogen) atoms. The van der Waals surface area contributed by atoms with Crippen molar-refractivity contribution in [2.24, 2.45) is 5.92 Å². The smallest absolute Gasteiger partial charge is 0.265 e. The second-order valence-corrected chi connectivity index (χ2v) is 6.33. The van der Waals surface area contributed by atoms with Crippen molar-refractivity contribution in [3.8, 4) is 6.07 Å². The fraction of sp³-hybridized carbons (Fsp3) is 0.571. The standard InChI is InChI=1S/C14H20N4O2S/c1-18(2)14(19)12-11(16)10(7-15)13(21-12)17-5-6-20-8-9-3-4-9/h9,17H,3-6,8,16H2,1-2H3. The van der Waals surface area contributed by atoms with Gasteiger partial charge in [0, 0.05) is 27.2 Å². The molecule has 0 radical (unpaired) electrons. The van der Waals surface area contributed by atoms with Crippen molar-refractivity contribution in [2.45, 2.75) is 12.8 Å². The Morgan fingerprint density at radius 3 is 2.86 bits per heavy atom. The lowest BCUT2D eigenvalue weighted by Gasteiger charge is -2.08. The van der Waals surface area contributed by atoms with Crippen LogP contribution in [0.25, 0.3) is 0 Å². The van der Waals surface area contributed by atoms with E-state index in [4.69, 9.17) is 10.5 Å². The summed E-state index contributed by atoms with van der Waals surface area (Å²) in [5, 5.41) is 13.0. The molecule has 0 atom stereocenters. The van der Waals surface area contributed by atoms with E-state index in [-0.39, 0.29) is 11.6 Å². The third kappa shape index (κ3) is 3.86. The zero-order valence-electron chi connectivity index (χ0n) is 12.3. The van der Waals surface area contributed by atoms with E-state index in [0.29, 0.717) is 28.6 Å². The fourth-order valence-electron chi connectivity index (χ4n) is 1.81. The fourth-order valence-corrected chi connectivity index (χ4v) is 2.93. The number of hydrogen-bond donors (Lipinski definition) is 2. The highest BCUT2D eigenvalue weighted by Gasteiger charge is 2.22. The SMILES string of the molecule is CN(C)C(=O)c1sc(NCCOCC2CC2)c(C#N)c1N. The number of nitrogen functional groups attached to an aromatic ring is 1. The molecule has 1 heterocycles. The van der Waals surface area contributed by atoms with Crippen LogP contribution in [-0.4, -0.2) is 44.7 Å². The molecule has 114 valence electrons. The molecule has 0 saturated heterocycles. The molecule has 1 aliphatic carbocycles. The molecule has 1 amide bonds. The van der Waals surface area contributed by atoms with E-state index in [2.05, 4.69) is 11.4 Å². The summed E-state index contributed by atoms with van der Waals surface area (Å²) in [6, 6.07) is 2.06. The van der Waals surface area contributed by atoms with Gasteiger partial charge in [-0.2, -0.15) is 5.26 Å². The van der Waals surface area contributed by atoms with E-state index in [1.54, 1.807) is 14.1 Å². The zero-order valence-corrected chi connectivity index (χ0v) is 13.1. The minimum Gasteiger partial charge on any atom is -0.396 e. The molecule has 1 aliphatic rings. The Labute approximate surface area is 128 Å². The molecule has 3 N–H and O–H groups in total. The van der Waals surface area contributed by atoms with Gasteiger partial charge in [0.25, 0.3) is 5.91 Å². The largest absolute Gasteiger partial charge is 0.396 e. The van der Waals surface area contributed by atoms with Crippen LogP contribution in [0.5, 0.6) is 0 Å². The van der Waals surface area contributed by atoms with Crippen LogP contribution in [0, 0.1) is 17.2 Å². The first-order chi connectivity index (χ1) is 10.0. The van der Waals surface area contributed by atoms with Crippen LogP contribution in [-0.2, 0) is 4.74 Å². The number of nitrogens with one attached hydrogen (secondary N) is 1. The quantitative estimate of drug-likeness (QED) is 0.749. The first kappa shape index (κ1) is 15.6. The number of thiophene rings is 1. The number of carbonyl (C=O) groups excluding carboxylic acids is 1. The molecule has 0 aliphatic heterocycles. The topological polar surface area (TPSA) is 91.4 Å². The van der Waals surface area contributed by atoms with Gasteiger partial charge in [-0.25, -0.2) is 0 Å². The van der Waals surface area contributed by atoms with Crippen LogP contribution in [0.2, 0.25) is 0 Å². The lowest BCUT2D eigenvalue weighted by Crippen LogP contribution is -2.21. The third-order valence-corrected chi connectivity index (χ3v) is 4.39. The van der Waals surface area contributed by atoms with Crippen LogP contribution in [0.3, 0.4) is 0 Å². The average Bonchev–Trinajstić information content (AvgIpc) is 3.21. The van der Waals surface area contributed by atoms with E-state index >= 15 is 0 Å². The summed E-state index contributed by atoms with van der Waals surface area (Å²) in [6.45, 7) is 1.98. The number of nitrogens with zero attached hydrogens (tertiary/aromatic N) is 2. The van der Waals surface area contributed by atoms with Gasteiger partial charge >= 0.3 is 0 Å². The summed E-state index contributed by atoms with van der Waals surface area (Å²) in [5.41, 5.74) is 6.49. The molecule has 0 bridgehead atoms. The molecule has 0 unspecified atom stereocenters. The summed E-state index contributed by atoms with van der Waals surface area (Å²) in [7, 11) is 3.32. The predicted octanol–water partition coefficient (Wildman–Crippen LogP) is 1.74. The van der Waals surface area contributed by atoms with E-state index in [1.807, 2.05) is 0 Å². The summed E-state index contributed by atoms with van der Waals surface area (Å²) >= 11 is 1.22. The number of anilines is 2. The molecule has 1 aromatic rings. The molecular formula is C14H20N4O2S. The van der Waals surface area contributed by atoms with Crippen LogP contribution in [0.15, 0.2) is 0 Å². The van der Waals surface area contributed by atoms with Gasteiger partial charge in [-0.05, 0) is 18.8 Å². The maximum Gasteiger partial charge on any atom is 0.265 e. The Hall–Kier alpha value is -1.78. The first-order valence-corrected chi connectivity index (χ1v) is 7.71. The summed E-state index contributed by atoms with van der Waals surface area (Å²) in [6.07, 6.45) is 2.53. The summed E-state index contributed by atoms with van der Waals surface area (Å²) < 4.78 is 5.53. The lowest BCUT2D eigenvalue weighted by molar-refractivity contribution is 0.0833. The number of hydrogen-bond acceptors (Lipinski definition) is 6. The molecule has 1 saturated carbocycles. The normalized spacial score (nSPS) is 13.8. The van der Waals surface area contributed by atoms with Gasteiger partial charge in [-0.1, -0.05) is 0 Å². The second kappa shape index (κ2) is 6.78. The van der Waals surface area contributed by atoms with Gasteiger partial charge < -0.3 is 20.7 Å². The zero-order chi connectivity index (χ0) is 15.4. The highest BCUT2D eigenvalue weighted by Crippen LogP contribution is 2.35. The number of carbonyl (C=O) groups is 1. The second-order valence-electron chi connectivity index (χ2n) is 5.31. The van der Waals surface area contributed by atoms with Crippen LogP contribution in [0.4, 0.5) is 10.7 Å². The molecule has 6 nitrogen and oxygen atoms in total. The number of amides is 1. The monoisotopic (exact) mass is 308 g/mol. The van der Waals surface area contributed by atoms with Gasteiger partial charge in [0.1, 0.15) is 21.5 Å². The molecule has 7 heteroatoms. The summed E-state index contributed by atoms with van der Waals surface area (Å²) in [5.74, 6) is 0.549. The van der Waals surface area contributed by atoms with Crippen molar-refractivity contribution in [3.63, 3.8) is 0 Å². The minimum atomic E-state index is -0.188. The van der Waals surface area contributed by atoms with Gasteiger partial charge in [-0.15, -0.1) is 11.3 Å². The molecule has 0 spiro atoms. The van der Waals surface area contributed by atoms with Crippen molar-refractivity contribution in [2.75, 3.05) is 44.9 Å². The molecule has 0 aromatic carbocycles. The Balaban J connectivity index is 1.96. The van der Waals surface area contributed by atoms with E-state index in [9.17, 15) is 10.1 Å². The van der Waals surface area contributed by atoms with Gasteiger partial charge in [0.15, 0.2) is 0 Å². The van der Waals surface area contributed by atoms with Crippen molar-refractivity contribution >= 4 is 27.9 Å². The van der Waals surface area contributed by atoms with E-state index in [1.165, 1.54) is 29.1 Å². The predicted molar refractivity (Wildman–Crippen MR) is 83.5 cm³/mol. The van der Waals surface area contributed by atoms with Crippen LogP contribution < -0.4 is 11.1 Å². The third-order valence-electron chi connectivity index (χ3n) is 3.24. The number of rotatable bonds is 7. The molecule has 2 rings (SSSR count). The van der Waals surface area contributed by atoms with E-state index in [0.717, 1.165) is 12.5 Å². The van der Waals surface area contributed by atoms with Crippen molar-refractivity contribution in [1.29, 1.82) is 5.26 Å². The minimum absolute atomic E-state index is 0.188. The maximum absolute atomic E-state index is 12.0. The number of nitriles is 1. The molecule has 1 aromatic heterocycles. The Morgan fingerprint density at radius 2 is 2.29 bits per heavy atom. The maximum atomic E-state index is 12.0.